The lowest BCUT2D eigenvalue weighted by Gasteiger charge is -2.32. The van der Waals surface area contributed by atoms with Crippen LogP contribution >= 0.6 is 0 Å². The van der Waals surface area contributed by atoms with Crippen molar-refractivity contribution in [1.82, 2.24) is 19.9 Å². The van der Waals surface area contributed by atoms with Crippen molar-refractivity contribution in [3.63, 3.8) is 0 Å². The van der Waals surface area contributed by atoms with Gasteiger partial charge in [0.1, 0.15) is 23.9 Å². The molecule has 2 aromatic heterocycles. The Kier molecular flexibility index (Phi) is 5.92. The minimum atomic E-state index is -0.700. The van der Waals surface area contributed by atoms with Crippen molar-refractivity contribution in [1.29, 1.82) is 0 Å². The van der Waals surface area contributed by atoms with Crippen molar-refractivity contribution in [3.05, 3.63) is 48.4 Å². The molecule has 0 saturated carbocycles. The molecule has 1 saturated heterocycles. The highest BCUT2D eigenvalue weighted by molar-refractivity contribution is 5.45. The van der Waals surface area contributed by atoms with Gasteiger partial charge in [-0.25, -0.2) is 14.4 Å². The van der Waals surface area contributed by atoms with Gasteiger partial charge in [-0.15, -0.1) is 0 Å². The number of aromatic nitrogens is 4. The highest BCUT2D eigenvalue weighted by Crippen LogP contribution is 2.30. The van der Waals surface area contributed by atoms with Crippen molar-refractivity contribution >= 4 is 11.6 Å². The first-order chi connectivity index (χ1) is 15.0. The molecule has 162 valence electrons. The topological polar surface area (TPSA) is 109 Å². The molecule has 31 heavy (non-hydrogen) atoms. The molecule has 11 heteroatoms. The van der Waals surface area contributed by atoms with Gasteiger partial charge in [0.2, 0.25) is 5.82 Å². The van der Waals surface area contributed by atoms with Crippen molar-refractivity contribution in [2.45, 2.75) is 18.9 Å². The Bertz CT molecular complexity index is 1050. The molecule has 0 atom stereocenters. The molecule has 0 bridgehead atoms. The summed E-state index contributed by atoms with van der Waals surface area (Å²) in [6.07, 6.45) is 3.15. The Morgan fingerprint density at radius 1 is 1.03 bits per heavy atom. The lowest BCUT2D eigenvalue weighted by atomic mass is 10.1. The van der Waals surface area contributed by atoms with E-state index in [2.05, 4.69) is 19.9 Å². The van der Waals surface area contributed by atoms with E-state index in [1.54, 1.807) is 36.3 Å². The molecule has 1 aromatic carbocycles. The minimum Gasteiger partial charge on any atom is -0.497 e. The van der Waals surface area contributed by atoms with Crippen LogP contribution in [0, 0.1) is 11.6 Å². The Hall–Kier alpha value is -3.76. The predicted molar refractivity (Wildman–Crippen MR) is 107 cm³/mol. The zero-order valence-corrected chi connectivity index (χ0v) is 16.7. The van der Waals surface area contributed by atoms with E-state index in [4.69, 9.17) is 19.9 Å². The number of benzene rings is 1. The van der Waals surface area contributed by atoms with Crippen LogP contribution in [0.2, 0.25) is 0 Å². The van der Waals surface area contributed by atoms with Crippen molar-refractivity contribution < 1.29 is 23.0 Å². The molecule has 0 amide bonds. The number of hydrogen-bond donors (Lipinski definition) is 1. The molecule has 4 rings (SSSR count). The maximum absolute atomic E-state index is 15.0. The average molecular weight is 430 g/mol. The molecule has 0 aliphatic carbocycles. The number of nitrogen functional groups attached to an aromatic ring is 1. The fraction of sp³-hybridized carbons (Fsp3) is 0.300. The van der Waals surface area contributed by atoms with E-state index in [1.807, 2.05) is 0 Å². The highest BCUT2D eigenvalue weighted by atomic mass is 19.1. The molecule has 1 fully saturated rings. The minimum absolute atomic E-state index is 0.0146. The summed E-state index contributed by atoms with van der Waals surface area (Å²) in [5.41, 5.74) is 5.44. The van der Waals surface area contributed by atoms with Crippen LogP contribution in [0.25, 0.3) is 0 Å². The Morgan fingerprint density at radius 2 is 1.74 bits per heavy atom. The molecule has 2 N–H and O–H groups in total. The smallest absolute Gasteiger partial charge is 0.318 e. The number of rotatable bonds is 6. The third-order valence-electron chi connectivity index (χ3n) is 4.78. The standard InChI is InChI=1S/C20H20F2N6O3/c1-29-12-2-4-13(5-3-12)30-19-16(22)18(25-11-26-19)28-8-6-14(7-9-28)31-20-24-10-15(21)17(23)27-20/h2-5,10-11,14H,6-9H2,1H3,(H2,23,24,27). The van der Waals surface area contributed by atoms with E-state index in [1.165, 1.54) is 6.33 Å². The summed E-state index contributed by atoms with van der Waals surface area (Å²) < 4.78 is 44.5. The lowest BCUT2D eigenvalue weighted by molar-refractivity contribution is 0.156. The Balaban J connectivity index is 1.40. The van der Waals surface area contributed by atoms with Gasteiger partial charge >= 0.3 is 6.01 Å². The van der Waals surface area contributed by atoms with Gasteiger partial charge in [-0.3, -0.25) is 0 Å². The second-order valence-corrected chi connectivity index (χ2v) is 6.78. The number of hydrogen-bond acceptors (Lipinski definition) is 9. The van der Waals surface area contributed by atoms with Gasteiger partial charge in [-0.2, -0.15) is 14.4 Å². The summed E-state index contributed by atoms with van der Waals surface area (Å²) in [5, 5.41) is 0. The molecule has 0 radical (unpaired) electrons. The van der Waals surface area contributed by atoms with Crippen LogP contribution in [-0.2, 0) is 0 Å². The second-order valence-electron chi connectivity index (χ2n) is 6.78. The fourth-order valence-electron chi connectivity index (χ4n) is 3.15. The van der Waals surface area contributed by atoms with Crippen LogP contribution in [0.4, 0.5) is 20.4 Å². The van der Waals surface area contributed by atoms with Gasteiger partial charge < -0.3 is 24.8 Å². The monoisotopic (exact) mass is 430 g/mol. The van der Waals surface area contributed by atoms with Gasteiger partial charge in [0.25, 0.3) is 5.88 Å². The SMILES string of the molecule is COc1ccc(Oc2ncnc(N3CCC(Oc4ncc(F)c(N)n4)CC3)c2F)cc1. The van der Waals surface area contributed by atoms with Crippen molar-refractivity contribution in [3.8, 4) is 23.4 Å². The van der Waals surface area contributed by atoms with Gasteiger partial charge in [-0.05, 0) is 24.3 Å². The third kappa shape index (κ3) is 4.71. The lowest BCUT2D eigenvalue weighted by Crippen LogP contribution is -2.39. The van der Waals surface area contributed by atoms with Gasteiger partial charge in [0, 0.05) is 25.9 Å². The number of nitrogens with two attached hydrogens (primary N) is 1. The number of piperidine rings is 1. The van der Waals surface area contributed by atoms with Crippen molar-refractivity contribution in [2.24, 2.45) is 0 Å². The molecular weight excluding hydrogens is 410 g/mol. The molecule has 9 nitrogen and oxygen atoms in total. The molecule has 0 unspecified atom stereocenters. The van der Waals surface area contributed by atoms with E-state index < -0.39 is 11.6 Å². The third-order valence-corrected chi connectivity index (χ3v) is 4.78. The van der Waals surface area contributed by atoms with E-state index in [9.17, 15) is 8.78 Å². The highest BCUT2D eigenvalue weighted by Gasteiger charge is 2.26. The Labute approximate surface area is 176 Å². The Morgan fingerprint density at radius 3 is 2.42 bits per heavy atom. The maximum Gasteiger partial charge on any atom is 0.318 e. The zero-order valence-electron chi connectivity index (χ0n) is 16.7. The number of nitrogens with zero attached hydrogens (tertiary/aromatic N) is 5. The number of ether oxygens (including phenoxy) is 3. The van der Waals surface area contributed by atoms with Gasteiger partial charge in [-0.1, -0.05) is 0 Å². The summed E-state index contributed by atoms with van der Waals surface area (Å²) in [5.74, 6) is -0.538. The second kappa shape index (κ2) is 8.94. The maximum atomic E-state index is 15.0. The van der Waals surface area contributed by atoms with E-state index in [0.29, 0.717) is 37.4 Å². The molecule has 3 aromatic rings. The molecular formula is C20H20F2N6O3. The largest absolute Gasteiger partial charge is 0.497 e. The zero-order chi connectivity index (χ0) is 21.8. The number of anilines is 2. The average Bonchev–Trinajstić information content (AvgIpc) is 2.79. The van der Waals surface area contributed by atoms with E-state index in [-0.39, 0.29) is 29.6 Å². The van der Waals surface area contributed by atoms with Crippen LogP contribution in [0.1, 0.15) is 12.8 Å². The molecule has 0 spiro atoms. The summed E-state index contributed by atoms with van der Waals surface area (Å²) in [4.78, 5) is 17.3. The van der Waals surface area contributed by atoms with Crippen LogP contribution in [0.5, 0.6) is 23.4 Å². The van der Waals surface area contributed by atoms with Crippen LogP contribution < -0.4 is 24.8 Å². The first-order valence-corrected chi connectivity index (χ1v) is 9.55. The fourth-order valence-corrected chi connectivity index (χ4v) is 3.15. The summed E-state index contributed by atoms with van der Waals surface area (Å²) in [7, 11) is 1.56. The number of halogens is 2. The predicted octanol–water partition coefficient (Wildman–Crippen LogP) is 2.98. The van der Waals surface area contributed by atoms with Crippen molar-refractivity contribution in [2.75, 3.05) is 30.8 Å². The normalized spacial score (nSPS) is 14.4. The van der Waals surface area contributed by atoms with Crippen LogP contribution in [-0.4, -0.2) is 46.2 Å². The summed E-state index contributed by atoms with van der Waals surface area (Å²) in [6.45, 7) is 0.967. The van der Waals surface area contributed by atoms with E-state index in [0.717, 1.165) is 6.20 Å². The number of methoxy groups -OCH3 is 1. The van der Waals surface area contributed by atoms with Gasteiger partial charge in [0.15, 0.2) is 17.5 Å². The summed E-state index contributed by atoms with van der Waals surface area (Å²) >= 11 is 0. The first-order valence-electron chi connectivity index (χ1n) is 9.55. The first kappa shape index (κ1) is 20.5. The van der Waals surface area contributed by atoms with E-state index >= 15 is 0 Å². The molecule has 3 heterocycles. The quantitative estimate of drug-likeness (QED) is 0.631. The van der Waals surface area contributed by atoms with Crippen LogP contribution in [0.3, 0.4) is 0 Å². The molecule has 1 aliphatic heterocycles. The molecule has 1 aliphatic rings. The van der Waals surface area contributed by atoms with Gasteiger partial charge in [0.05, 0.1) is 13.3 Å². The summed E-state index contributed by atoms with van der Waals surface area (Å²) in [6, 6.07) is 6.75. The van der Waals surface area contributed by atoms with Crippen LogP contribution in [0.15, 0.2) is 36.8 Å².